The van der Waals surface area contributed by atoms with Gasteiger partial charge in [-0.1, -0.05) is 29.1 Å². The van der Waals surface area contributed by atoms with Crippen LogP contribution in [0.5, 0.6) is 0 Å². The maximum Gasteiger partial charge on any atom is 0.0469 e. The first kappa shape index (κ1) is 4.95. The van der Waals surface area contributed by atoms with E-state index < -0.39 is 0 Å². The van der Waals surface area contributed by atoms with Gasteiger partial charge in [0, 0.05) is 9.52 Å². The molecule has 0 unspecified atom stereocenters. The Morgan fingerprint density at radius 2 is 2.25 bits per heavy atom. The molecule has 0 aliphatic carbocycles. The van der Waals surface area contributed by atoms with Crippen molar-refractivity contribution in [3.05, 3.63) is 0 Å². The molecule has 0 bridgehead atoms. The third kappa shape index (κ3) is 2.95. The Bertz CT molecular complexity index is 8.00. The van der Waals surface area contributed by atoms with Crippen LogP contribution in [0.3, 0.4) is 0 Å². The maximum atomic E-state index is 2.36. The molecule has 0 aliphatic heterocycles. The summed E-state index contributed by atoms with van der Waals surface area (Å²) in [6.45, 7) is 2.20. The summed E-state index contributed by atoms with van der Waals surface area (Å²) in [7, 11) is 1.13. The molecule has 0 rings (SSSR count). The highest BCUT2D eigenvalue weighted by Crippen LogP contribution is 1.71. The zero-order chi connectivity index (χ0) is 3.41. The first-order chi connectivity index (χ1) is 1.91. The van der Waals surface area contributed by atoms with Crippen LogP contribution in [0.4, 0.5) is 0 Å². The molecule has 0 N–H and O–H groups in total. The zero-order valence-corrected chi connectivity index (χ0v) is 5.74. The van der Waals surface area contributed by atoms with Gasteiger partial charge in [-0.05, 0) is 4.05 Å². The zero-order valence-electron chi connectivity index (χ0n) is 2.59. The predicted molar refractivity (Wildman–Crippen MR) is 30.5 cm³/mol. The van der Waals surface area contributed by atoms with Crippen molar-refractivity contribution in [2.45, 2.75) is 6.55 Å². The van der Waals surface area contributed by atoms with Gasteiger partial charge in [-0.25, -0.2) is 0 Å². The van der Waals surface area contributed by atoms with Crippen molar-refractivity contribution in [2.24, 2.45) is 0 Å². The van der Waals surface area contributed by atoms with Crippen LogP contribution in [0.15, 0.2) is 0 Å². The van der Waals surface area contributed by atoms with Crippen molar-refractivity contribution >= 4 is 32.1 Å². The molecule has 2 heteroatoms. The summed E-state index contributed by atoms with van der Waals surface area (Å²) in [5, 5.41) is 0. The lowest BCUT2D eigenvalue weighted by atomic mass is 11.9. The molecule has 4 heavy (non-hydrogen) atoms. The lowest BCUT2D eigenvalue weighted by molar-refractivity contribution is 2.13. The Morgan fingerprint density at radius 1 is 2.00 bits per heavy atom. The van der Waals surface area contributed by atoms with Gasteiger partial charge in [-0.3, -0.25) is 0 Å². The molecule has 0 saturated carbocycles. The lowest BCUT2D eigenvalue weighted by Crippen LogP contribution is -1.75. The number of hydrogen-bond donors (Lipinski definition) is 0. The topological polar surface area (TPSA) is 0 Å². The van der Waals surface area contributed by atoms with E-state index in [1.54, 1.807) is 0 Å². The van der Waals surface area contributed by atoms with Gasteiger partial charge in [-0.15, -0.1) is 0 Å². The van der Waals surface area contributed by atoms with E-state index in [-0.39, 0.29) is 0 Å². The normalized spacial score (nSPS) is 7.50. The summed E-state index contributed by atoms with van der Waals surface area (Å²) in [5.74, 6) is 0. The number of rotatable bonds is 1. The average Bonchev–Trinajstić information content (AvgIpc) is 1.37. The second-order valence-electron chi connectivity index (χ2n) is 0.487. The monoisotopic (exact) mass is 184 g/mol. The summed E-state index contributed by atoms with van der Waals surface area (Å²) < 4.78 is 1.32. The Morgan fingerprint density at radius 3 is 2.25 bits per heavy atom. The van der Waals surface area contributed by atoms with E-state index in [4.69, 9.17) is 0 Å². The van der Waals surface area contributed by atoms with Crippen molar-refractivity contribution in [3.8, 4) is 0 Å². The molecular formula is C2H5ISi. The van der Waals surface area contributed by atoms with Crippen molar-refractivity contribution in [1.82, 2.24) is 0 Å². The standard InChI is InChI=1S/C2H5ISi/c1-4-2-3/h2H2,1H3. The molecule has 0 atom stereocenters. The minimum atomic E-state index is 1.13. The summed E-state index contributed by atoms with van der Waals surface area (Å²) in [4.78, 5) is 0. The summed E-state index contributed by atoms with van der Waals surface area (Å²) >= 11 is 2.36. The highest BCUT2D eigenvalue weighted by Gasteiger charge is 1.61. The van der Waals surface area contributed by atoms with E-state index in [0.717, 1.165) is 9.52 Å². The molecular weight excluding hydrogens is 179 g/mol. The molecule has 2 radical (unpaired) electrons. The van der Waals surface area contributed by atoms with Gasteiger partial charge in [0.15, 0.2) is 0 Å². The van der Waals surface area contributed by atoms with Crippen LogP contribution >= 0.6 is 22.6 Å². The summed E-state index contributed by atoms with van der Waals surface area (Å²) in [6, 6.07) is 0. The summed E-state index contributed by atoms with van der Waals surface area (Å²) in [6.07, 6.45) is 0. The van der Waals surface area contributed by atoms with E-state index in [9.17, 15) is 0 Å². The molecule has 0 aromatic heterocycles. The second kappa shape index (κ2) is 3.95. The fraction of sp³-hybridized carbons (Fsp3) is 1.00. The average molecular weight is 184 g/mol. The fourth-order valence-electron chi connectivity index (χ4n) is 0. The predicted octanol–water partition coefficient (Wildman–Crippen LogP) is 1.13. The molecule has 0 nitrogen and oxygen atoms in total. The van der Waals surface area contributed by atoms with Gasteiger partial charge in [0.25, 0.3) is 0 Å². The summed E-state index contributed by atoms with van der Waals surface area (Å²) in [5.41, 5.74) is 0. The largest absolute Gasteiger partial charge is 0.0903 e. The van der Waals surface area contributed by atoms with Gasteiger partial charge < -0.3 is 0 Å². The molecule has 0 heterocycles. The minimum absolute atomic E-state index is 1.13. The quantitative estimate of drug-likeness (QED) is 0.325. The fourth-order valence-corrected chi connectivity index (χ4v) is 0. The van der Waals surface area contributed by atoms with Crippen LogP contribution in [0.2, 0.25) is 6.55 Å². The van der Waals surface area contributed by atoms with Crippen molar-refractivity contribution in [2.75, 3.05) is 4.05 Å². The first-order valence-electron chi connectivity index (χ1n) is 1.12. The van der Waals surface area contributed by atoms with Gasteiger partial charge in [0.2, 0.25) is 0 Å². The highest BCUT2D eigenvalue weighted by atomic mass is 127. The van der Waals surface area contributed by atoms with Crippen LogP contribution in [0.25, 0.3) is 0 Å². The molecule has 0 amide bonds. The smallest absolute Gasteiger partial charge is 0.0469 e. The highest BCUT2D eigenvalue weighted by molar-refractivity contribution is 14.1. The molecule has 0 spiro atoms. The molecule has 0 aromatic rings. The van der Waals surface area contributed by atoms with Crippen LogP contribution in [-0.2, 0) is 0 Å². The van der Waals surface area contributed by atoms with Crippen LogP contribution in [0.1, 0.15) is 0 Å². The Labute approximate surface area is 42.9 Å². The molecule has 0 aromatic carbocycles. The van der Waals surface area contributed by atoms with Gasteiger partial charge in [-0.2, -0.15) is 0 Å². The molecule has 0 aliphatic rings. The van der Waals surface area contributed by atoms with Gasteiger partial charge >= 0.3 is 0 Å². The lowest BCUT2D eigenvalue weighted by Gasteiger charge is -1.63. The maximum absolute atomic E-state index is 2.36. The molecule has 0 fully saturated rings. The van der Waals surface area contributed by atoms with Crippen LogP contribution in [0, 0.1) is 0 Å². The van der Waals surface area contributed by atoms with E-state index in [2.05, 4.69) is 29.1 Å². The Balaban J connectivity index is 1.97. The molecule has 0 saturated heterocycles. The second-order valence-corrected chi connectivity index (χ2v) is 3.75. The van der Waals surface area contributed by atoms with E-state index in [0.29, 0.717) is 0 Å². The van der Waals surface area contributed by atoms with Crippen molar-refractivity contribution < 1.29 is 0 Å². The van der Waals surface area contributed by atoms with E-state index >= 15 is 0 Å². The minimum Gasteiger partial charge on any atom is -0.0903 e. The van der Waals surface area contributed by atoms with Gasteiger partial charge in [0.1, 0.15) is 0 Å². The SMILES string of the molecule is C[Si]CI. The third-order valence-electron chi connectivity index (χ3n) is 0.134. The molecule has 24 valence electrons. The Hall–Kier alpha value is 0.947. The van der Waals surface area contributed by atoms with Gasteiger partial charge in [0.05, 0.1) is 0 Å². The first-order valence-corrected chi connectivity index (χ1v) is 4.35. The number of alkyl halides is 1. The van der Waals surface area contributed by atoms with Crippen molar-refractivity contribution in [1.29, 1.82) is 0 Å². The van der Waals surface area contributed by atoms with Crippen LogP contribution < -0.4 is 0 Å². The third-order valence-corrected chi connectivity index (χ3v) is 2.69. The van der Waals surface area contributed by atoms with E-state index in [1.807, 2.05) is 0 Å². The number of hydrogen-bond acceptors (Lipinski definition) is 0. The van der Waals surface area contributed by atoms with Crippen LogP contribution in [-0.4, -0.2) is 13.6 Å². The Kier molecular flexibility index (Phi) is 4.88. The number of halogens is 1. The van der Waals surface area contributed by atoms with Crippen molar-refractivity contribution in [3.63, 3.8) is 0 Å². The van der Waals surface area contributed by atoms with E-state index in [1.165, 1.54) is 4.05 Å².